The Morgan fingerprint density at radius 3 is 0.919 bits per heavy atom. The summed E-state index contributed by atoms with van der Waals surface area (Å²) in [5, 5.41) is 18.2. The normalized spacial score (nSPS) is 12.0. The van der Waals surface area contributed by atoms with Crippen LogP contribution in [0.2, 0.25) is 0 Å². The van der Waals surface area contributed by atoms with Crippen molar-refractivity contribution < 1.29 is 77.9 Å². The smallest absolute Gasteiger partial charge is 0.510 e. The van der Waals surface area contributed by atoms with Gasteiger partial charge in [0.2, 0.25) is 0 Å². The van der Waals surface area contributed by atoms with E-state index >= 15 is 0 Å². The van der Waals surface area contributed by atoms with Gasteiger partial charge in [-0.15, -0.1) is 93.5 Å². The van der Waals surface area contributed by atoms with Gasteiger partial charge in [0.25, 0.3) is 0 Å². The maximum atomic E-state index is 4.55. The topological polar surface area (TPSA) is 97.2 Å². The Morgan fingerprint density at radius 2 is 0.600 bits per heavy atom. The molecule has 23 rings (SSSR count). The van der Waals surface area contributed by atoms with Crippen LogP contribution in [0.5, 0.6) is 0 Å². The summed E-state index contributed by atoms with van der Waals surface area (Å²) in [6.45, 7) is 14.3. The van der Waals surface area contributed by atoms with E-state index in [1.807, 2.05) is 262 Å². The third-order valence-corrected chi connectivity index (χ3v) is 21.4. The number of aryl methyl sites for hydroxylation is 3. The first-order valence-electron chi connectivity index (χ1n) is 43.0. The molecule has 0 fully saturated rings. The monoisotopic (exact) mass is 2110 g/mol. The molecule has 0 aliphatic carbocycles. The molecule has 0 amide bonds. The minimum absolute atomic E-state index is 0. The maximum Gasteiger partial charge on any atom is 3.00 e. The fraction of sp³-hybridized carbons (Fsp3) is 0.0609. The summed E-state index contributed by atoms with van der Waals surface area (Å²) >= 11 is 0. The molecular formula is C115H96N16Rh4. The van der Waals surface area contributed by atoms with Gasteiger partial charge in [-0.3, -0.25) is 18.7 Å². The predicted octanol–water partition coefficient (Wildman–Crippen LogP) is 25.5. The number of rotatable bonds is 12. The van der Waals surface area contributed by atoms with Gasteiger partial charge in [-0.2, -0.15) is 217 Å². The predicted molar refractivity (Wildman–Crippen MR) is 534 cm³/mol. The molecule has 0 radical (unpaired) electrons. The molecule has 15 aromatic carbocycles. The fourth-order valence-electron chi connectivity index (χ4n) is 14.8. The van der Waals surface area contributed by atoms with Gasteiger partial charge in [0, 0.05) is 58.6 Å². The van der Waals surface area contributed by atoms with Crippen LogP contribution in [0, 0.1) is 96.0 Å². The molecule has 0 saturated carbocycles. The van der Waals surface area contributed by atoms with Gasteiger partial charge in [-0.25, -0.2) is 0 Å². The third-order valence-electron chi connectivity index (χ3n) is 21.4. The van der Waals surface area contributed by atoms with E-state index in [0.717, 1.165) is 68.1 Å². The SMILES string of the molecule is CN1C=CN(c2[c-]cc(-c3ccccc3)cc2)[CH-]1.CN1C=CN(c2[c-]cc(-c3ccccc3)cc2)[CH-]1.CN1[CH-]N(c2[c-]cc(-c3ccccc3)cc2)c2ccccc21.CN1[CH-]N(c2[c-]cc(-c3ccccc3)cc2)c2ccccc21.Cc1cc(C)n(-c2[c-]cccc2)n1.Cc1nn(-c2[c-]cccc2)c2ccccc12.[Rh+3].[Rh+3].[Rh+3].[Rh+3].[c-]1ccccc1-n1cccn1.[c-]1ccccc1-n1cccn1. The van der Waals surface area contributed by atoms with E-state index in [-0.39, 0.29) is 77.9 Å². The van der Waals surface area contributed by atoms with Crippen molar-refractivity contribution in [1.82, 2.24) is 48.9 Å². The molecule has 0 saturated heterocycles. The number of fused-ring (bicyclic) bond motifs is 3. The second-order valence-electron chi connectivity index (χ2n) is 30.7. The first-order chi connectivity index (χ1) is 64.4. The van der Waals surface area contributed by atoms with Crippen molar-refractivity contribution in [3.05, 3.63) is 524 Å². The van der Waals surface area contributed by atoms with Crippen LogP contribution in [0.25, 0.3) is 78.2 Å². The zero-order valence-corrected chi connectivity index (χ0v) is 81.8. The summed E-state index contributed by atoms with van der Waals surface area (Å²) in [5.74, 6) is 0. The van der Waals surface area contributed by atoms with E-state index in [9.17, 15) is 0 Å². The van der Waals surface area contributed by atoms with E-state index in [4.69, 9.17) is 0 Å². The van der Waals surface area contributed by atoms with Crippen LogP contribution in [-0.2, 0) is 77.9 Å². The van der Waals surface area contributed by atoms with Crippen LogP contribution in [0.4, 0.5) is 45.5 Å². The zero-order chi connectivity index (χ0) is 89.9. The van der Waals surface area contributed by atoms with Crippen molar-refractivity contribution in [2.24, 2.45) is 0 Å². The average molecular weight is 2110 g/mol. The molecule has 0 unspecified atom stereocenters. The Morgan fingerprint density at radius 1 is 0.267 bits per heavy atom. The molecule has 16 nitrogen and oxygen atoms in total. The summed E-state index contributed by atoms with van der Waals surface area (Å²) in [6, 6.07) is 155. The molecule has 672 valence electrons. The number of hydrogen-bond donors (Lipinski definition) is 0. The van der Waals surface area contributed by atoms with E-state index in [1.54, 1.807) is 21.8 Å². The van der Waals surface area contributed by atoms with E-state index in [0.29, 0.717) is 0 Å². The number of hydrogen-bond acceptors (Lipinski definition) is 12. The van der Waals surface area contributed by atoms with Gasteiger partial charge in [0.05, 0.1) is 16.9 Å². The molecule has 4 aliphatic rings. The maximum absolute atomic E-state index is 4.55. The van der Waals surface area contributed by atoms with Crippen LogP contribution in [0.3, 0.4) is 0 Å². The molecule has 20 heteroatoms. The van der Waals surface area contributed by atoms with Crippen LogP contribution in [0.1, 0.15) is 17.1 Å². The molecule has 4 aromatic heterocycles. The van der Waals surface area contributed by atoms with Crippen molar-refractivity contribution in [3.8, 4) is 67.3 Å². The first-order valence-corrected chi connectivity index (χ1v) is 43.0. The van der Waals surface area contributed by atoms with Crippen LogP contribution in [0.15, 0.2) is 432 Å². The average Bonchev–Trinajstić information content (AvgIpc) is 1.65. The van der Waals surface area contributed by atoms with E-state index in [1.165, 1.54) is 72.6 Å². The Kier molecular flexibility index (Phi) is 37.0. The van der Waals surface area contributed by atoms with Crippen LogP contribution < -0.4 is 29.4 Å². The summed E-state index contributed by atoms with van der Waals surface area (Å²) in [5.41, 5.74) is 26.9. The van der Waals surface area contributed by atoms with E-state index in [2.05, 4.69) is 350 Å². The second kappa shape index (κ2) is 50.0. The van der Waals surface area contributed by atoms with Gasteiger partial charge in [0.15, 0.2) is 0 Å². The van der Waals surface area contributed by atoms with Gasteiger partial charge < -0.3 is 39.2 Å². The van der Waals surface area contributed by atoms with Crippen molar-refractivity contribution >= 4 is 56.4 Å². The summed E-state index contributed by atoms with van der Waals surface area (Å²) in [6.07, 6.45) is 15.4. The van der Waals surface area contributed by atoms with Gasteiger partial charge in [0.1, 0.15) is 0 Å². The van der Waals surface area contributed by atoms with Crippen molar-refractivity contribution in [3.63, 3.8) is 0 Å². The van der Waals surface area contributed by atoms with Gasteiger partial charge in [-0.05, 0) is 145 Å². The molecule has 0 N–H and O–H groups in total. The minimum atomic E-state index is 0. The Labute approximate surface area is 845 Å². The standard InChI is InChI=1S/2C20H16N2.2C16H14N2.C14H11N2.C11H11N2.2C9H7N2.4Rh/c2*1-21-15-22(20-10-6-5-9-19(20)21)18-13-11-17(12-14-18)16-7-3-2-4-8-16;2*1-17-11-12-18(13-17)16-9-7-15(8-10-16)14-5-3-2-4-6-14;1-11-13-9-5-6-10-14(13)16(15-11)12-7-3-2-4-8-12;1-9-8-10(2)13(12-9)11-6-4-3-5-7-11;2*1-2-5-9(6-3-1)11-8-4-7-10-11;;;;/h2*2-13,15H,1H3;2*2-9,11-13H,1H3;2-7,9-10H,1H3;3-6,8H,1-2H3;2*1-5,7-8H;;;;/q4*-2;4*-1;4*+3. The number of nitrogens with zero attached hydrogens (tertiary/aromatic N) is 16. The molecule has 0 atom stereocenters. The molecule has 19 aromatic rings. The van der Waals surface area contributed by atoms with Crippen molar-refractivity contribution in [2.75, 3.05) is 57.6 Å². The first kappa shape index (κ1) is 99.8. The van der Waals surface area contributed by atoms with Gasteiger partial charge >= 0.3 is 77.9 Å². The quantitative estimate of drug-likeness (QED) is 0.0861. The largest absolute Gasteiger partial charge is 3.00 e. The molecule has 0 bridgehead atoms. The zero-order valence-electron chi connectivity index (χ0n) is 75.3. The van der Waals surface area contributed by atoms with E-state index < -0.39 is 0 Å². The van der Waals surface area contributed by atoms with Crippen molar-refractivity contribution in [2.45, 2.75) is 20.8 Å². The molecule has 0 spiro atoms. The molecule has 4 aliphatic heterocycles. The van der Waals surface area contributed by atoms with Crippen LogP contribution in [-0.4, -0.2) is 77.1 Å². The Balaban J connectivity index is 0.000000140. The molecular weight excluding hydrogens is 2020 g/mol. The Bertz CT molecular complexity index is 6440. The molecule has 8 heterocycles. The molecule has 135 heavy (non-hydrogen) atoms. The third kappa shape index (κ3) is 26.4. The number of aromatic nitrogens is 8. The number of para-hydroxylation sites is 9. The Hall–Kier alpha value is -14.2. The van der Waals surface area contributed by atoms with Gasteiger partial charge in [-0.1, -0.05) is 186 Å². The minimum Gasteiger partial charge on any atom is -0.510 e. The second-order valence-corrected chi connectivity index (χ2v) is 30.7. The summed E-state index contributed by atoms with van der Waals surface area (Å²) < 4.78 is 7.39. The summed E-state index contributed by atoms with van der Waals surface area (Å²) in [7, 11) is 8.15. The fourth-order valence-corrected chi connectivity index (χ4v) is 14.8. The number of benzene rings is 15. The summed E-state index contributed by atoms with van der Waals surface area (Å²) in [4.78, 5) is 16.7. The van der Waals surface area contributed by atoms with Crippen molar-refractivity contribution in [1.29, 1.82) is 0 Å². The van der Waals surface area contributed by atoms with Crippen LogP contribution >= 0.6 is 0 Å². The number of anilines is 8.